The molecular formula is C23H23NO4. The maximum atomic E-state index is 12.8. The van der Waals surface area contributed by atoms with Crippen molar-refractivity contribution in [3.05, 3.63) is 71.8 Å². The number of hydrogen-bond donors (Lipinski definition) is 2. The fourth-order valence-corrected chi connectivity index (χ4v) is 3.07. The molecule has 144 valence electrons. The third-order valence-electron chi connectivity index (χ3n) is 4.46. The second-order valence-electron chi connectivity index (χ2n) is 6.63. The molecule has 0 heterocycles. The third kappa shape index (κ3) is 4.88. The molecule has 0 atom stereocenters. The van der Waals surface area contributed by atoms with Gasteiger partial charge in [-0.15, -0.1) is 0 Å². The number of amides is 1. The lowest BCUT2D eigenvalue weighted by Crippen LogP contribution is -2.13. The molecule has 28 heavy (non-hydrogen) atoms. The summed E-state index contributed by atoms with van der Waals surface area (Å²) in [6, 6.07) is 18.6. The van der Waals surface area contributed by atoms with E-state index in [0.29, 0.717) is 17.0 Å². The first-order valence-corrected chi connectivity index (χ1v) is 9.34. The Hall–Kier alpha value is -3.34. The first kappa shape index (κ1) is 19.4. The van der Waals surface area contributed by atoms with Gasteiger partial charge in [0.05, 0.1) is 0 Å². The van der Waals surface area contributed by atoms with Gasteiger partial charge in [-0.2, -0.15) is 0 Å². The van der Waals surface area contributed by atoms with Gasteiger partial charge in [0.25, 0.3) is 5.91 Å². The summed E-state index contributed by atoms with van der Waals surface area (Å²) in [4.78, 5) is 23.4. The van der Waals surface area contributed by atoms with Crippen LogP contribution in [0.3, 0.4) is 0 Å². The van der Waals surface area contributed by atoms with Crippen molar-refractivity contribution in [2.75, 3.05) is 11.9 Å². The summed E-state index contributed by atoms with van der Waals surface area (Å²) in [5, 5.41) is 13.5. The van der Waals surface area contributed by atoms with Crippen molar-refractivity contribution in [2.45, 2.75) is 26.2 Å². The van der Waals surface area contributed by atoms with Crippen LogP contribution in [0.2, 0.25) is 0 Å². The second kappa shape index (κ2) is 9.04. The van der Waals surface area contributed by atoms with Gasteiger partial charge in [-0.3, -0.25) is 4.79 Å². The number of aryl methyl sites for hydroxylation is 1. The van der Waals surface area contributed by atoms with Crippen molar-refractivity contribution in [3.8, 4) is 5.75 Å². The third-order valence-corrected chi connectivity index (χ3v) is 4.46. The molecule has 1 amide bonds. The van der Waals surface area contributed by atoms with Gasteiger partial charge in [-0.25, -0.2) is 4.79 Å². The first-order valence-electron chi connectivity index (χ1n) is 9.34. The second-order valence-corrected chi connectivity index (χ2v) is 6.63. The topological polar surface area (TPSA) is 75.6 Å². The molecule has 3 aromatic rings. The summed E-state index contributed by atoms with van der Waals surface area (Å²) in [5.41, 5.74) is 2.41. The Morgan fingerprint density at radius 3 is 2.64 bits per heavy atom. The van der Waals surface area contributed by atoms with Crippen LogP contribution in [-0.4, -0.2) is 23.6 Å². The van der Waals surface area contributed by atoms with Crippen LogP contribution < -0.4 is 10.1 Å². The molecule has 2 N–H and O–H groups in total. The highest BCUT2D eigenvalue weighted by molar-refractivity contribution is 6.13. The van der Waals surface area contributed by atoms with E-state index in [1.54, 1.807) is 30.3 Å². The molecule has 0 bridgehead atoms. The van der Waals surface area contributed by atoms with E-state index in [4.69, 9.17) is 9.84 Å². The Balaban J connectivity index is 1.80. The predicted octanol–water partition coefficient (Wildman–Crippen LogP) is 4.90. The number of benzene rings is 3. The number of rotatable bonds is 8. The zero-order valence-corrected chi connectivity index (χ0v) is 15.8. The Labute approximate surface area is 164 Å². The van der Waals surface area contributed by atoms with Gasteiger partial charge in [0.2, 0.25) is 0 Å². The van der Waals surface area contributed by atoms with E-state index in [9.17, 15) is 9.59 Å². The molecule has 0 aliphatic carbocycles. The number of fused-ring (bicyclic) bond motifs is 1. The van der Waals surface area contributed by atoms with E-state index in [2.05, 4.69) is 24.4 Å². The molecule has 0 saturated heterocycles. The molecule has 5 nitrogen and oxygen atoms in total. The Bertz CT molecular complexity index is 997. The number of aliphatic carboxylic acids is 1. The molecule has 3 aromatic carbocycles. The Morgan fingerprint density at radius 2 is 1.86 bits per heavy atom. The van der Waals surface area contributed by atoms with E-state index in [-0.39, 0.29) is 5.91 Å². The number of carbonyl (C=O) groups excluding carboxylic acids is 1. The summed E-state index contributed by atoms with van der Waals surface area (Å²) < 4.78 is 5.16. The molecule has 5 heteroatoms. The molecule has 0 unspecified atom stereocenters. The minimum atomic E-state index is -1.05. The van der Waals surface area contributed by atoms with Gasteiger partial charge in [-0.05, 0) is 47.4 Å². The maximum absolute atomic E-state index is 12.8. The number of nitrogens with one attached hydrogen (secondary N) is 1. The molecule has 0 aliphatic heterocycles. The summed E-state index contributed by atoms with van der Waals surface area (Å²) >= 11 is 0. The van der Waals surface area contributed by atoms with Crippen molar-refractivity contribution in [1.82, 2.24) is 0 Å². The van der Waals surface area contributed by atoms with Gasteiger partial charge in [0.1, 0.15) is 5.75 Å². The molecule has 0 aromatic heterocycles. The molecule has 0 radical (unpaired) electrons. The highest BCUT2D eigenvalue weighted by atomic mass is 16.5. The number of anilines is 1. The molecule has 0 spiro atoms. The van der Waals surface area contributed by atoms with Crippen LogP contribution in [-0.2, 0) is 11.2 Å². The van der Waals surface area contributed by atoms with Crippen molar-refractivity contribution in [2.24, 2.45) is 0 Å². The lowest BCUT2D eigenvalue weighted by molar-refractivity contribution is -0.139. The standard InChI is InChI=1S/C23H23NO4/c1-2-3-6-16-11-12-20-17(13-16)7-4-10-21(20)23(27)24-18-8-5-9-19(14-18)28-15-22(25)26/h4-5,7-14H,2-3,6,15H2,1H3,(H,24,27)(H,25,26). The number of unbranched alkanes of at least 4 members (excludes halogenated alkanes) is 1. The van der Waals surface area contributed by atoms with Crippen LogP contribution >= 0.6 is 0 Å². The lowest BCUT2D eigenvalue weighted by Gasteiger charge is -2.11. The van der Waals surface area contributed by atoms with E-state index in [0.717, 1.165) is 30.0 Å². The lowest BCUT2D eigenvalue weighted by atomic mass is 9.99. The van der Waals surface area contributed by atoms with Crippen LogP contribution in [0.15, 0.2) is 60.7 Å². The minimum absolute atomic E-state index is 0.220. The molecule has 0 aliphatic rings. The Kier molecular flexibility index (Phi) is 6.27. The summed E-state index contributed by atoms with van der Waals surface area (Å²) in [5.74, 6) is -0.885. The predicted molar refractivity (Wildman–Crippen MR) is 110 cm³/mol. The smallest absolute Gasteiger partial charge is 0.341 e. The van der Waals surface area contributed by atoms with Gasteiger partial charge in [0, 0.05) is 17.3 Å². The van der Waals surface area contributed by atoms with Crippen LogP contribution in [0.4, 0.5) is 5.69 Å². The van der Waals surface area contributed by atoms with Crippen molar-refractivity contribution in [1.29, 1.82) is 0 Å². The summed E-state index contributed by atoms with van der Waals surface area (Å²) in [6.45, 7) is 1.74. The van der Waals surface area contributed by atoms with E-state index >= 15 is 0 Å². The van der Waals surface area contributed by atoms with Gasteiger partial charge in [0.15, 0.2) is 6.61 Å². The van der Waals surface area contributed by atoms with Gasteiger partial charge >= 0.3 is 5.97 Å². The highest BCUT2D eigenvalue weighted by Crippen LogP contribution is 2.23. The monoisotopic (exact) mass is 377 g/mol. The zero-order chi connectivity index (χ0) is 19.9. The zero-order valence-electron chi connectivity index (χ0n) is 15.8. The average molecular weight is 377 g/mol. The minimum Gasteiger partial charge on any atom is -0.482 e. The Morgan fingerprint density at radius 1 is 1.04 bits per heavy atom. The van der Waals surface area contributed by atoms with E-state index in [1.807, 2.05) is 18.2 Å². The van der Waals surface area contributed by atoms with Crippen LogP contribution in [0.5, 0.6) is 5.75 Å². The normalized spacial score (nSPS) is 10.6. The maximum Gasteiger partial charge on any atom is 0.341 e. The van der Waals surface area contributed by atoms with Gasteiger partial charge in [-0.1, -0.05) is 49.7 Å². The van der Waals surface area contributed by atoms with Crippen LogP contribution in [0.25, 0.3) is 10.8 Å². The van der Waals surface area contributed by atoms with Gasteiger partial charge < -0.3 is 15.2 Å². The molecular weight excluding hydrogens is 354 g/mol. The number of carbonyl (C=O) groups is 2. The summed E-state index contributed by atoms with van der Waals surface area (Å²) in [7, 11) is 0. The fraction of sp³-hybridized carbons (Fsp3) is 0.217. The molecule has 3 rings (SSSR count). The molecule has 0 fully saturated rings. The number of carboxylic acid groups (broad SMARTS) is 1. The first-order chi connectivity index (χ1) is 13.6. The fourth-order valence-electron chi connectivity index (χ4n) is 3.07. The number of hydrogen-bond acceptors (Lipinski definition) is 3. The SMILES string of the molecule is CCCCc1ccc2c(C(=O)Nc3cccc(OCC(=O)O)c3)cccc2c1. The largest absolute Gasteiger partial charge is 0.482 e. The van der Waals surface area contributed by atoms with E-state index < -0.39 is 12.6 Å². The highest BCUT2D eigenvalue weighted by Gasteiger charge is 2.11. The van der Waals surface area contributed by atoms with Crippen LogP contribution in [0, 0.1) is 0 Å². The molecule has 0 saturated carbocycles. The quantitative estimate of drug-likeness (QED) is 0.585. The van der Waals surface area contributed by atoms with Crippen LogP contribution in [0.1, 0.15) is 35.7 Å². The van der Waals surface area contributed by atoms with Crippen molar-refractivity contribution in [3.63, 3.8) is 0 Å². The summed E-state index contributed by atoms with van der Waals surface area (Å²) in [6.07, 6.45) is 3.33. The van der Waals surface area contributed by atoms with Crippen molar-refractivity contribution >= 4 is 28.3 Å². The van der Waals surface area contributed by atoms with Crippen molar-refractivity contribution < 1.29 is 19.4 Å². The number of ether oxygens (including phenoxy) is 1. The number of carboxylic acids is 1. The van der Waals surface area contributed by atoms with E-state index in [1.165, 1.54) is 5.56 Å². The average Bonchev–Trinajstić information content (AvgIpc) is 2.70.